The van der Waals surface area contributed by atoms with Gasteiger partial charge < -0.3 is 58.8 Å². The van der Waals surface area contributed by atoms with Gasteiger partial charge >= 0.3 is 5.97 Å². The van der Waals surface area contributed by atoms with Crippen molar-refractivity contribution in [1.82, 2.24) is 4.90 Å². The second kappa shape index (κ2) is 18.4. The van der Waals surface area contributed by atoms with Gasteiger partial charge in [-0.05, 0) is 80.1 Å². The molecule has 3 saturated heterocycles. The standard InChI is InChI=1S/C38H68N2O12/c1-13-28-38(10,46)31(42)25(6)40(17-16-39-11)20-21(2)18-36(8,45)33(52-35-27(41)15-14-22(3)48-35)23(4)30(24(5)34(44)50-28)51-29-19-37(9,47-12)32(43)26(7)49-29/h21-33,35,41-43,45-46H,13-20H2,1-10,12H3/t21-,22-,23+,24-,25-,26+,27-,28-,29+,30+,31+,32+,33-,35+,36?,37-,38-/m1/s1. The third kappa shape index (κ3) is 10.4. The summed E-state index contributed by atoms with van der Waals surface area (Å²) in [6, 6.07) is -0.648. The molecule has 0 saturated carbocycles. The first kappa shape index (κ1) is 44.9. The lowest BCUT2D eigenvalue weighted by Gasteiger charge is -2.48. The minimum Gasteiger partial charge on any atom is -0.459 e. The van der Waals surface area contributed by atoms with E-state index in [2.05, 4.69) is 4.85 Å². The molecule has 5 N–H and O–H groups in total. The number of hydrogen-bond donors (Lipinski definition) is 5. The fraction of sp³-hybridized carbons (Fsp3) is 0.947. The van der Waals surface area contributed by atoms with Crippen LogP contribution in [0.2, 0.25) is 0 Å². The topological polar surface area (TPSA) is 181 Å². The molecule has 302 valence electrons. The summed E-state index contributed by atoms with van der Waals surface area (Å²) in [5.74, 6) is -2.71. The van der Waals surface area contributed by atoms with Crippen molar-refractivity contribution in [3.8, 4) is 0 Å². The summed E-state index contributed by atoms with van der Waals surface area (Å²) in [5.41, 5.74) is -4.48. The first-order chi connectivity index (χ1) is 24.1. The number of aliphatic hydroxyl groups excluding tert-OH is 3. The molecular weight excluding hydrogens is 676 g/mol. The van der Waals surface area contributed by atoms with Crippen molar-refractivity contribution in [3.05, 3.63) is 11.4 Å². The number of nitrogens with zero attached hydrogens (tertiary/aromatic N) is 2. The number of hydrogen-bond acceptors (Lipinski definition) is 13. The summed E-state index contributed by atoms with van der Waals surface area (Å²) in [6.07, 6.45) is -7.80. The molecule has 52 heavy (non-hydrogen) atoms. The molecule has 3 rings (SSSR count). The number of esters is 1. The average molecular weight is 745 g/mol. The van der Waals surface area contributed by atoms with Gasteiger partial charge in [0.1, 0.15) is 30.0 Å². The number of carbonyl (C=O) groups is 1. The van der Waals surface area contributed by atoms with Crippen LogP contribution in [0.15, 0.2) is 0 Å². The Morgan fingerprint density at radius 3 is 2.21 bits per heavy atom. The molecule has 3 aliphatic heterocycles. The summed E-state index contributed by atoms with van der Waals surface area (Å²) in [4.78, 5) is 19.6. The van der Waals surface area contributed by atoms with Crippen LogP contribution in [0.5, 0.6) is 0 Å². The SMILES string of the molecule is [C-]#[N+]CCN1C[C@H](C)CC(C)(O)[C@H](O[C@@H]2O[C@H](C)CC[C@H]2O)[C@@H](C)[C@H](O[C@H]2C[C@@](C)(OC)[C@@H](O)[C@H](C)O2)[C@@H](C)C(=O)O[C@H](CC)[C@@](C)(O)[C@@H](O)[C@H]1C. The fourth-order valence-electron chi connectivity index (χ4n) is 8.47. The molecular formula is C38H68N2O12. The lowest BCUT2D eigenvalue weighted by Crippen LogP contribution is -2.60. The summed E-state index contributed by atoms with van der Waals surface area (Å²) in [6.45, 7) is 25.6. The third-order valence-electron chi connectivity index (χ3n) is 11.8. The molecule has 0 radical (unpaired) electrons. The van der Waals surface area contributed by atoms with Gasteiger partial charge in [0.25, 0.3) is 0 Å². The van der Waals surface area contributed by atoms with Gasteiger partial charge in [-0.3, -0.25) is 9.69 Å². The Morgan fingerprint density at radius 1 is 0.962 bits per heavy atom. The number of aliphatic hydroxyl groups is 5. The van der Waals surface area contributed by atoms with E-state index in [1.807, 2.05) is 18.7 Å². The molecule has 3 aliphatic rings. The molecule has 14 heteroatoms. The maximum Gasteiger partial charge on any atom is 0.311 e. The molecule has 0 aliphatic carbocycles. The van der Waals surface area contributed by atoms with Crippen molar-refractivity contribution in [2.75, 3.05) is 26.7 Å². The zero-order chi connectivity index (χ0) is 39.3. The Kier molecular flexibility index (Phi) is 15.9. The first-order valence-corrected chi connectivity index (χ1v) is 19.1. The van der Waals surface area contributed by atoms with Gasteiger partial charge in [0.05, 0.1) is 48.1 Å². The summed E-state index contributed by atoms with van der Waals surface area (Å²) < 4.78 is 37.2. The van der Waals surface area contributed by atoms with Crippen LogP contribution >= 0.6 is 0 Å². The monoisotopic (exact) mass is 744 g/mol. The zero-order valence-corrected chi connectivity index (χ0v) is 33.2. The highest BCUT2D eigenvalue weighted by Gasteiger charge is 2.52. The fourth-order valence-corrected chi connectivity index (χ4v) is 8.47. The van der Waals surface area contributed by atoms with Crippen LogP contribution < -0.4 is 0 Å². The largest absolute Gasteiger partial charge is 0.459 e. The van der Waals surface area contributed by atoms with Gasteiger partial charge in [-0.15, -0.1) is 0 Å². The van der Waals surface area contributed by atoms with Crippen molar-refractivity contribution in [2.45, 2.75) is 186 Å². The van der Waals surface area contributed by atoms with Crippen molar-refractivity contribution in [1.29, 1.82) is 0 Å². The number of rotatable bonds is 8. The molecule has 17 atom stereocenters. The van der Waals surface area contributed by atoms with Crippen LogP contribution in [0.4, 0.5) is 0 Å². The van der Waals surface area contributed by atoms with Crippen LogP contribution in [0.25, 0.3) is 4.85 Å². The average Bonchev–Trinajstić information content (AvgIpc) is 3.08. The van der Waals surface area contributed by atoms with Gasteiger partial charge in [-0.25, -0.2) is 6.57 Å². The van der Waals surface area contributed by atoms with Crippen LogP contribution in [0, 0.1) is 24.3 Å². The van der Waals surface area contributed by atoms with E-state index in [1.165, 1.54) is 14.0 Å². The van der Waals surface area contributed by atoms with Crippen molar-refractivity contribution < 1.29 is 58.7 Å². The molecule has 0 bridgehead atoms. The van der Waals surface area contributed by atoms with E-state index in [9.17, 15) is 30.3 Å². The number of cyclic esters (lactones) is 1. The van der Waals surface area contributed by atoms with E-state index in [-0.39, 0.29) is 37.8 Å². The van der Waals surface area contributed by atoms with Crippen molar-refractivity contribution in [2.24, 2.45) is 17.8 Å². The molecule has 3 heterocycles. The lowest BCUT2D eigenvalue weighted by molar-refractivity contribution is -0.314. The van der Waals surface area contributed by atoms with E-state index in [4.69, 9.17) is 35.0 Å². The van der Waals surface area contributed by atoms with Gasteiger partial charge in [-0.1, -0.05) is 20.8 Å². The maximum absolute atomic E-state index is 14.2. The van der Waals surface area contributed by atoms with Gasteiger partial charge in [0.2, 0.25) is 6.54 Å². The summed E-state index contributed by atoms with van der Waals surface area (Å²) >= 11 is 0. The zero-order valence-electron chi connectivity index (χ0n) is 33.2. The first-order valence-electron chi connectivity index (χ1n) is 19.1. The third-order valence-corrected chi connectivity index (χ3v) is 11.8. The van der Waals surface area contributed by atoms with Gasteiger partial charge in [0, 0.05) is 32.0 Å². The Hall–Kier alpha value is -1.48. The summed E-state index contributed by atoms with van der Waals surface area (Å²) in [5, 5.41) is 57.8. The molecule has 0 spiro atoms. The highest BCUT2D eigenvalue weighted by Crippen LogP contribution is 2.40. The minimum absolute atomic E-state index is 0.123. The van der Waals surface area contributed by atoms with E-state index in [1.54, 1.807) is 48.5 Å². The second-order valence-electron chi connectivity index (χ2n) is 16.5. The molecule has 3 fully saturated rings. The van der Waals surface area contributed by atoms with E-state index >= 15 is 0 Å². The molecule has 14 nitrogen and oxygen atoms in total. The van der Waals surface area contributed by atoms with E-state index in [0.717, 1.165) is 0 Å². The van der Waals surface area contributed by atoms with Crippen molar-refractivity contribution in [3.63, 3.8) is 0 Å². The Morgan fingerprint density at radius 2 is 1.62 bits per heavy atom. The van der Waals surface area contributed by atoms with Gasteiger partial charge in [-0.2, -0.15) is 0 Å². The predicted molar refractivity (Wildman–Crippen MR) is 192 cm³/mol. The molecule has 0 aromatic heterocycles. The van der Waals surface area contributed by atoms with Crippen LogP contribution in [0.1, 0.15) is 101 Å². The minimum atomic E-state index is -1.87. The highest BCUT2D eigenvalue weighted by molar-refractivity contribution is 5.73. The molecule has 0 aromatic carbocycles. The van der Waals surface area contributed by atoms with E-state index < -0.39 is 96.0 Å². The Labute approximate surface area is 310 Å². The summed E-state index contributed by atoms with van der Waals surface area (Å²) in [7, 11) is 1.50. The number of carbonyl (C=O) groups excluding carboxylic acids is 1. The quantitative estimate of drug-likeness (QED) is 0.181. The number of methoxy groups -OCH3 is 1. The van der Waals surface area contributed by atoms with Crippen LogP contribution in [-0.2, 0) is 33.2 Å². The molecule has 0 aromatic rings. The normalized spacial score (nSPS) is 47.9. The van der Waals surface area contributed by atoms with Gasteiger partial charge in [0.15, 0.2) is 12.6 Å². The molecule has 1 unspecified atom stereocenters. The van der Waals surface area contributed by atoms with Crippen LogP contribution in [-0.4, -0.2) is 147 Å². The Bertz CT molecular complexity index is 1180. The predicted octanol–water partition coefficient (Wildman–Crippen LogP) is 2.65. The highest BCUT2D eigenvalue weighted by atomic mass is 16.7. The Balaban J connectivity index is 2.17. The van der Waals surface area contributed by atoms with E-state index in [0.29, 0.717) is 25.9 Å². The molecule has 0 amide bonds. The van der Waals surface area contributed by atoms with Crippen LogP contribution in [0.3, 0.4) is 0 Å². The lowest BCUT2D eigenvalue weighted by atomic mass is 9.77. The maximum atomic E-state index is 14.2. The van der Waals surface area contributed by atoms with Crippen molar-refractivity contribution >= 4 is 5.97 Å². The smallest absolute Gasteiger partial charge is 0.311 e. The second-order valence-corrected chi connectivity index (χ2v) is 16.5. The number of ether oxygens (including phenoxy) is 6.